The summed E-state index contributed by atoms with van der Waals surface area (Å²) < 4.78 is 0. The molecule has 0 aromatic carbocycles. The number of fused-ring (bicyclic) bond motifs is 5. The molecule has 1 saturated heterocycles. The van der Waals surface area contributed by atoms with Gasteiger partial charge in [0.2, 0.25) is 11.8 Å². The number of carbonyl (C=O) groups is 2. The van der Waals surface area contributed by atoms with Crippen molar-refractivity contribution in [3.05, 3.63) is 0 Å². The molecule has 7 nitrogen and oxygen atoms in total. The summed E-state index contributed by atoms with van der Waals surface area (Å²) >= 11 is 0. The van der Waals surface area contributed by atoms with Crippen molar-refractivity contribution in [2.24, 2.45) is 40.4 Å². The van der Waals surface area contributed by atoms with E-state index in [1.807, 2.05) is 18.7 Å². The smallest absolute Gasteiger partial charge is 0.242 e. The topological polar surface area (TPSA) is 93.1 Å². The van der Waals surface area contributed by atoms with Crippen LogP contribution in [0.4, 0.5) is 0 Å². The molecule has 1 aliphatic heterocycles. The number of rotatable bonds is 5. The minimum absolute atomic E-state index is 0.00731. The van der Waals surface area contributed by atoms with E-state index < -0.39 is 0 Å². The number of nitrogens with zero attached hydrogens (tertiary/aromatic N) is 2. The van der Waals surface area contributed by atoms with E-state index in [-0.39, 0.29) is 53.4 Å². The van der Waals surface area contributed by atoms with Crippen molar-refractivity contribution >= 4 is 11.8 Å². The molecule has 7 heteroatoms. The third kappa shape index (κ3) is 4.98. The Kier molecular flexibility index (Phi) is 7.71. The number of aliphatic hydroxyl groups is 2. The van der Waals surface area contributed by atoms with Gasteiger partial charge < -0.3 is 20.4 Å². The molecule has 9 atom stereocenters. The number of nitrogens with one attached hydrogen (secondary N) is 1. The molecule has 0 aromatic heterocycles. The molecule has 0 aromatic rings. The van der Waals surface area contributed by atoms with Crippen LogP contribution in [0, 0.1) is 40.4 Å². The van der Waals surface area contributed by atoms with Crippen LogP contribution in [-0.4, -0.2) is 82.8 Å². The second-order valence-electron chi connectivity index (χ2n) is 14.2. The molecule has 4 aliphatic carbocycles. The van der Waals surface area contributed by atoms with E-state index in [4.69, 9.17) is 0 Å². The maximum atomic E-state index is 12.7. The molecular weight excluding hydrogens is 466 g/mol. The van der Waals surface area contributed by atoms with Crippen LogP contribution in [-0.2, 0) is 9.59 Å². The first-order chi connectivity index (χ1) is 17.5. The molecule has 0 unspecified atom stereocenters. The first-order valence-electron chi connectivity index (χ1n) is 15.2. The highest BCUT2D eigenvalue weighted by Gasteiger charge is 2.61. The maximum absolute atomic E-state index is 12.7. The summed E-state index contributed by atoms with van der Waals surface area (Å²) in [5.74, 6) is 2.87. The van der Waals surface area contributed by atoms with Crippen LogP contribution in [0.15, 0.2) is 0 Å². The molecule has 210 valence electrons. The summed E-state index contributed by atoms with van der Waals surface area (Å²) in [6.07, 6.45) is 8.96. The fraction of sp³-hybridized carbons (Fsp3) is 0.933. The third-order valence-corrected chi connectivity index (χ3v) is 11.8. The predicted octanol–water partition coefficient (Wildman–Crippen LogP) is 3.04. The quantitative estimate of drug-likeness (QED) is 0.521. The Morgan fingerprint density at radius 2 is 1.65 bits per heavy atom. The standard InChI is InChI=1S/C30H51N3O4/c1-19(2)15-27(36)31-18-28(37)33-13-11-32(12-14-33)24-17-30(4)20(16-25(24)34)5-6-21-22-7-8-26(35)29(22,3)10-9-23(21)30/h19-26,34-35H,5-18H2,1-4H3,(H,31,36)/t20-,21-,22-,23-,24-,25-,26-,29-,30-/m0/s1. The molecule has 2 amide bonds. The number of hydrogen-bond donors (Lipinski definition) is 3. The summed E-state index contributed by atoms with van der Waals surface area (Å²) in [4.78, 5) is 29.0. The first-order valence-corrected chi connectivity index (χ1v) is 15.2. The van der Waals surface area contributed by atoms with Crippen LogP contribution in [0.25, 0.3) is 0 Å². The van der Waals surface area contributed by atoms with Crippen molar-refractivity contribution in [3.8, 4) is 0 Å². The van der Waals surface area contributed by atoms with E-state index in [1.165, 1.54) is 25.7 Å². The van der Waals surface area contributed by atoms with Gasteiger partial charge in [0.15, 0.2) is 0 Å². The highest BCUT2D eigenvalue weighted by molar-refractivity contribution is 5.84. The second kappa shape index (κ2) is 10.4. The van der Waals surface area contributed by atoms with Gasteiger partial charge in [-0.3, -0.25) is 14.5 Å². The number of amides is 2. The number of piperazine rings is 1. The Labute approximate surface area is 223 Å². The normalized spacial score (nSPS) is 44.2. The summed E-state index contributed by atoms with van der Waals surface area (Å²) in [5.41, 5.74) is 0.352. The average molecular weight is 518 g/mol. The molecule has 5 fully saturated rings. The minimum Gasteiger partial charge on any atom is -0.393 e. The predicted molar refractivity (Wildman–Crippen MR) is 144 cm³/mol. The summed E-state index contributed by atoms with van der Waals surface area (Å²) in [5, 5.41) is 24.8. The second-order valence-corrected chi connectivity index (χ2v) is 14.2. The van der Waals surface area contributed by atoms with Gasteiger partial charge in [0.05, 0.1) is 18.8 Å². The molecule has 37 heavy (non-hydrogen) atoms. The van der Waals surface area contributed by atoms with Gasteiger partial charge in [-0.25, -0.2) is 0 Å². The van der Waals surface area contributed by atoms with Crippen LogP contribution in [0.1, 0.15) is 85.5 Å². The van der Waals surface area contributed by atoms with Gasteiger partial charge in [0.25, 0.3) is 0 Å². The van der Waals surface area contributed by atoms with E-state index >= 15 is 0 Å². The molecule has 0 spiro atoms. The van der Waals surface area contributed by atoms with Gasteiger partial charge in [-0.05, 0) is 91.8 Å². The lowest BCUT2D eigenvalue weighted by Gasteiger charge is -2.62. The lowest BCUT2D eigenvalue weighted by atomic mass is 9.44. The van der Waals surface area contributed by atoms with Crippen LogP contribution >= 0.6 is 0 Å². The molecular formula is C30H51N3O4. The van der Waals surface area contributed by atoms with Crippen LogP contribution in [0.3, 0.4) is 0 Å². The van der Waals surface area contributed by atoms with Crippen LogP contribution in [0.2, 0.25) is 0 Å². The van der Waals surface area contributed by atoms with Crippen LogP contribution in [0.5, 0.6) is 0 Å². The van der Waals surface area contributed by atoms with Crippen molar-refractivity contribution < 1.29 is 19.8 Å². The van der Waals surface area contributed by atoms with E-state index in [2.05, 4.69) is 24.1 Å². The fourth-order valence-electron chi connectivity index (χ4n) is 9.65. The van der Waals surface area contributed by atoms with Gasteiger partial charge in [0.1, 0.15) is 0 Å². The Morgan fingerprint density at radius 1 is 0.946 bits per heavy atom. The molecule has 4 saturated carbocycles. The Bertz CT molecular complexity index is 858. The fourth-order valence-corrected chi connectivity index (χ4v) is 9.65. The van der Waals surface area contributed by atoms with E-state index in [0.29, 0.717) is 43.2 Å². The van der Waals surface area contributed by atoms with Gasteiger partial charge in [-0.2, -0.15) is 0 Å². The average Bonchev–Trinajstić information content (AvgIpc) is 3.16. The molecule has 3 N–H and O–H groups in total. The summed E-state index contributed by atoms with van der Waals surface area (Å²) in [6.45, 7) is 11.9. The zero-order chi connectivity index (χ0) is 26.5. The van der Waals surface area contributed by atoms with Gasteiger partial charge >= 0.3 is 0 Å². The number of aliphatic hydroxyl groups excluding tert-OH is 2. The monoisotopic (exact) mass is 517 g/mol. The summed E-state index contributed by atoms with van der Waals surface area (Å²) in [7, 11) is 0. The van der Waals surface area contributed by atoms with E-state index in [0.717, 1.165) is 38.8 Å². The van der Waals surface area contributed by atoms with Crippen molar-refractivity contribution in [3.63, 3.8) is 0 Å². The Balaban J connectivity index is 1.20. The number of carbonyl (C=O) groups excluding carboxylic acids is 2. The molecule has 1 heterocycles. The number of hydrogen-bond acceptors (Lipinski definition) is 5. The van der Waals surface area contributed by atoms with Crippen molar-refractivity contribution in [2.75, 3.05) is 32.7 Å². The molecule has 5 rings (SSSR count). The molecule has 0 radical (unpaired) electrons. The van der Waals surface area contributed by atoms with Crippen molar-refractivity contribution in [1.82, 2.24) is 15.1 Å². The Hall–Kier alpha value is -1.18. The zero-order valence-electron chi connectivity index (χ0n) is 23.6. The lowest BCUT2D eigenvalue weighted by Crippen LogP contribution is -2.62. The minimum atomic E-state index is -0.297. The van der Waals surface area contributed by atoms with Gasteiger partial charge in [0, 0.05) is 38.6 Å². The zero-order valence-corrected chi connectivity index (χ0v) is 23.6. The molecule has 5 aliphatic rings. The SMILES string of the molecule is CC(C)CC(=O)NCC(=O)N1CCN([C@H]2C[C@@]3(C)[C@@H](CC[C@@H]4[C@@H]3CC[C@]3(C)[C@@H](O)CC[C@@H]43)C[C@@H]2O)CC1. The highest BCUT2D eigenvalue weighted by atomic mass is 16.3. The largest absolute Gasteiger partial charge is 0.393 e. The van der Waals surface area contributed by atoms with E-state index in [1.54, 1.807) is 0 Å². The lowest BCUT2D eigenvalue weighted by molar-refractivity contribution is -0.156. The van der Waals surface area contributed by atoms with Crippen molar-refractivity contribution in [2.45, 2.75) is 104 Å². The first kappa shape index (κ1) is 27.4. The van der Waals surface area contributed by atoms with E-state index in [9.17, 15) is 19.8 Å². The molecule has 0 bridgehead atoms. The summed E-state index contributed by atoms with van der Waals surface area (Å²) in [6, 6.07) is 0.158. The maximum Gasteiger partial charge on any atom is 0.242 e. The Morgan fingerprint density at radius 3 is 2.35 bits per heavy atom. The van der Waals surface area contributed by atoms with Gasteiger partial charge in [-0.1, -0.05) is 27.7 Å². The third-order valence-electron chi connectivity index (χ3n) is 11.8. The highest BCUT2D eigenvalue weighted by Crippen LogP contribution is 2.66. The van der Waals surface area contributed by atoms with Crippen molar-refractivity contribution in [1.29, 1.82) is 0 Å². The van der Waals surface area contributed by atoms with Gasteiger partial charge in [-0.15, -0.1) is 0 Å². The van der Waals surface area contributed by atoms with Crippen LogP contribution < -0.4 is 5.32 Å².